The molecule has 3 aromatic rings. The van der Waals surface area contributed by atoms with Crippen LogP contribution < -0.4 is 24.4 Å². The van der Waals surface area contributed by atoms with Gasteiger partial charge < -0.3 is 24.8 Å². The number of carbonyl (C=O) groups excluding carboxylic acids is 1. The molecule has 0 radical (unpaired) electrons. The number of carbonyl (C=O) groups is 1. The third-order valence-corrected chi connectivity index (χ3v) is 9.96. The van der Waals surface area contributed by atoms with Gasteiger partial charge in [-0.25, -0.2) is 17.9 Å². The number of benzene rings is 2. The van der Waals surface area contributed by atoms with Gasteiger partial charge in [0.25, 0.3) is 0 Å². The molecule has 1 aliphatic carbocycles. The monoisotopic (exact) mass is 639 g/mol. The smallest absolute Gasteiger partial charge is 0.407 e. The molecule has 1 amide bonds. The van der Waals surface area contributed by atoms with Crippen molar-refractivity contribution in [1.82, 2.24) is 15.1 Å². The SMILES string of the molecule is COc1ccc(CN2c3cc(Nc4cc([C@H]5CC[C@@H](COC(=O)NC(C)C)C5)nn4C(C)(C)C)ccc3CS2(=O)=O)c(OC)c1. The first-order valence-electron chi connectivity index (χ1n) is 15.4. The zero-order valence-electron chi connectivity index (χ0n) is 27.2. The molecule has 0 saturated heterocycles. The number of ether oxygens (including phenoxy) is 3. The molecule has 2 aliphatic rings. The van der Waals surface area contributed by atoms with Crippen molar-refractivity contribution in [2.75, 3.05) is 30.4 Å². The van der Waals surface area contributed by atoms with E-state index in [-0.39, 0.29) is 41.8 Å². The standard InChI is InChI=1S/C33H45N5O6S/c1-21(2)34-32(39)44-19-22-8-9-23(14-22)28-17-31(38(36-28)33(3,4)5)35-26-12-10-25-20-45(40,41)37(29(25)15-26)18-24-11-13-27(42-6)16-30(24)43-7/h10-13,15-17,21-23,35H,8-9,14,18-20H2,1-7H3,(H,34,39)/t22-,23+/m1/s1. The van der Waals surface area contributed by atoms with Crippen LogP contribution in [0.5, 0.6) is 11.5 Å². The van der Waals surface area contributed by atoms with Crippen molar-refractivity contribution < 1.29 is 27.4 Å². The van der Waals surface area contributed by atoms with Crippen molar-refractivity contribution in [3.8, 4) is 11.5 Å². The molecule has 1 fully saturated rings. The highest BCUT2D eigenvalue weighted by Crippen LogP contribution is 2.41. The Kier molecular flexibility index (Phi) is 9.25. The zero-order chi connectivity index (χ0) is 32.5. The first-order chi connectivity index (χ1) is 21.3. The number of nitrogens with zero attached hydrogens (tertiary/aromatic N) is 3. The number of amides is 1. The van der Waals surface area contributed by atoms with Crippen LogP contribution in [0.25, 0.3) is 0 Å². The minimum Gasteiger partial charge on any atom is -0.497 e. The summed E-state index contributed by atoms with van der Waals surface area (Å²) >= 11 is 0. The molecule has 2 atom stereocenters. The number of fused-ring (bicyclic) bond motifs is 1. The minimum atomic E-state index is -3.57. The molecule has 0 spiro atoms. The van der Waals surface area contributed by atoms with Crippen LogP contribution in [0.3, 0.4) is 0 Å². The molecule has 1 aliphatic heterocycles. The fourth-order valence-electron chi connectivity index (χ4n) is 6.05. The lowest BCUT2D eigenvalue weighted by Gasteiger charge is -2.23. The van der Waals surface area contributed by atoms with E-state index >= 15 is 0 Å². The highest BCUT2D eigenvalue weighted by atomic mass is 32.2. The maximum absolute atomic E-state index is 13.3. The summed E-state index contributed by atoms with van der Waals surface area (Å²) in [5.74, 6) is 2.52. The van der Waals surface area contributed by atoms with E-state index in [0.717, 1.165) is 47.6 Å². The summed E-state index contributed by atoms with van der Waals surface area (Å²) in [6.45, 7) is 10.7. The summed E-state index contributed by atoms with van der Waals surface area (Å²) in [6, 6.07) is 13.2. The van der Waals surface area contributed by atoms with Gasteiger partial charge in [-0.05, 0) is 89.6 Å². The quantitative estimate of drug-likeness (QED) is 0.266. The summed E-state index contributed by atoms with van der Waals surface area (Å²) in [4.78, 5) is 12.0. The number of anilines is 3. The predicted octanol–water partition coefficient (Wildman–Crippen LogP) is 6.27. The van der Waals surface area contributed by atoms with Crippen molar-refractivity contribution in [2.45, 2.75) is 83.7 Å². The average Bonchev–Trinajstić information content (AvgIpc) is 3.68. The van der Waals surface area contributed by atoms with Gasteiger partial charge in [-0.3, -0.25) is 4.31 Å². The largest absolute Gasteiger partial charge is 0.497 e. The number of sulfonamides is 1. The second-order valence-corrected chi connectivity index (χ2v) is 15.1. The average molecular weight is 640 g/mol. The van der Waals surface area contributed by atoms with E-state index in [1.165, 1.54) is 4.31 Å². The number of hydrogen-bond acceptors (Lipinski definition) is 8. The molecule has 244 valence electrons. The number of methoxy groups -OCH3 is 2. The van der Waals surface area contributed by atoms with E-state index in [9.17, 15) is 13.2 Å². The Bertz CT molecular complexity index is 1650. The molecule has 1 aromatic heterocycles. The van der Waals surface area contributed by atoms with Crippen LogP contribution >= 0.6 is 0 Å². The normalized spacial score (nSPS) is 19.0. The fourth-order valence-corrected chi connectivity index (χ4v) is 7.65. The van der Waals surface area contributed by atoms with Crippen LogP contribution in [0, 0.1) is 5.92 Å². The number of rotatable bonds is 10. The van der Waals surface area contributed by atoms with Gasteiger partial charge in [0.1, 0.15) is 17.3 Å². The zero-order valence-corrected chi connectivity index (χ0v) is 28.0. The van der Waals surface area contributed by atoms with E-state index < -0.39 is 10.0 Å². The van der Waals surface area contributed by atoms with Crippen molar-refractivity contribution in [1.29, 1.82) is 0 Å². The lowest BCUT2D eigenvalue weighted by atomic mass is 10.0. The van der Waals surface area contributed by atoms with Crippen LogP contribution in [0.4, 0.5) is 22.0 Å². The van der Waals surface area contributed by atoms with Crippen LogP contribution in [0.1, 0.15) is 76.6 Å². The molecule has 12 heteroatoms. The Labute approximate surface area is 266 Å². The number of hydrogen-bond donors (Lipinski definition) is 2. The van der Waals surface area contributed by atoms with Crippen molar-refractivity contribution in [2.24, 2.45) is 5.92 Å². The van der Waals surface area contributed by atoms with Gasteiger partial charge in [0.2, 0.25) is 10.0 Å². The third kappa shape index (κ3) is 7.32. The molecule has 45 heavy (non-hydrogen) atoms. The highest BCUT2D eigenvalue weighted by molar-refractivity contribution is 7.92. The molecular formula is C33H45N5O6S. The molecule has 5 rings (SSSR count). The van der Waals surface area contributed by atoms with Gasteiger partial charge in [-0.15, -0.1) is 0 Å². The first-order valence-corrected chi connectivity index (χ1v) is 17.0. The summed E-state index contributed by atoms with van der Waals surface area (Å²) in [5.41, 5.74) is 3.60. The van der Waals surface area contributed by atoms with Gasteiger partial charge in [0, 0.05) is 35.3 Å². The maximum atomic E-state index is 13.3. The Morgan fingerprint density at radius 3 is 2.53 bits per heavy atom. The number of alkyl carbamates (subject to hydrolysis) is 1. The van der Waals surface area contributed by atoms with Crippen molar-refractivity contribution in [3.63, 3.8) is 0 Å². The topological polar surface area (TPSA) is 124 Å². The second kappa shape index (κ2) is 12.8. The van der Waals surface area contributed by atoms with Crippen LogP contribution in [0.15, 0.2) is 42.5 Å². The summed E-state index contributed by atoms with van der Waals surface area (Å²) < 4.78 is 46.4. The van der Waals surface area contributed by atoms with E-state index in [1.807, 2.05) is 42.8 Å². The van der Waals surface area contributed by atoms with E-state index in [1.54, 1.807) is 26.4 Å². The molecule has 1 saturated carbocycles. The van der Waals surface area contributed by atoms with E-state index in [2.05, 4.69) is 37.5 Å². The number of aromatic nitrogens is 2. The molecule has 0 unspecified atom stereocenters. The van der Waals surface area contributed by atoms with Gasteiger partial charge in [0.15, 0.2) is 0 Å². The second-order valence-electron chi connectivity index (χ2n) is 13.2. The van der Waals surface area contributed by atoms with Gasteiger partial charge in [-0.1, -0.05) is 6.07 Å². The Morgan fingerprint density at radius 2 is 1.84 bits per heavy atom. The number of nitrogens with one attached hydrogen (secondary N) is 2. The van der Waals surface area contributed by atoms with Gasteiger partial charge >= 0.3 is 6.09 Å². The highest BCUT2D eigenvalue weighted by Gasteiger charge is 2.35. The predicted molar refractivity (Wildman–Crippen MR) is 175 cm³/mol. The van der Waals surface area contributed by atoms with E-state index in [4.69, 9.17) is 19.3 Å². The molecule has 2 aromatic carbocycles. The minimum absolute atomic E-state index is 0.0382. The Morgan fingerprint density at radius 1 is 1.07 bits per heavy atom. The van der Waals surface area contributed by atoms with Gasteiger partial charge in [-0.2, -0.15) is 5.10 Å². The summed E-state index contributed by atoms with van der Waals surface area (Å²) in [5, 5.41) is 11.3. The lowest BCUT2D eigenvalue weighted by Crippen LogP contribution is -2.31. The third-order valence-electron chi connectivity index (χ3n) is 8.29. The Balaban J connectivity index is 1.36. The first kappa shape index (κ1) is 32.5. The molecule has 2 N–H and O–H groups in total. The van der Waals surface area contributed by atoms with Crippen molar-refractivity contribution in [3.05, 3.63) is 59.3 Å². The van der Waals surface area contributed by atoms with Gasteiger partial charge in [0.05, 0.1) is 50.0 Å². The summed E-state index contributed by atoms with van der Waals surface area (Å²) in [6.07, 6.45) is 2.47. The molecular weight excluding hydrogens is 594 g/mol. The van der Waals surface area contributed by atoms with E-state index in [0.29, 0.717) is 23.8 Å². The Hall–Kier alpha value is -3.93. The lowest BCUT2D eigenvalue weighted by molar-refractivity contribution is 0.125. The molecule has 0 bridgehead atoms. The van der Waals surface area contributed by atoms with Crippen LogP contribution in [-0.4, -0.2) is 51.2 Å². The maximum Gasteiger partial charge on any atom is 0.407 e. The summed E-state index contributed by atoms with van der Waals surface area (Å²) in [7, 11) is -0.429. The van der Waals surface area contributed by atoms with Crippen LogP contribution in [0.2, 0.25) is 0 Å². The van der Waals surface area contributed by atoms with Crippen molar-refractivity contribution >= 4 is 33.3 Å². The molecule has 11 nitrogen and oxygen atoms in total. The van der Waals surface area contributed by atoms with Crippen LogP contribution in [-0.2, 0) is 32.6 Å². The molecule has 2 heterocycles. The fraction of sp³-hybridized carbons (Fsp3) is 0.515.